The number of hydrogen-bond acceptors (Lipinski definition) is 12. The molecule has 0 radical (unpaired) electrons. The van der Waals surface area contributed by atoms with Gasteiger partial charge in [0.25, 0.3) is 5.69 Å². The highest BCUT2D eigenvalue weighted by Gasteiger charge is 2.42. The Hall–Kier alpha value is -8.11. The second kappa shape index (κ2) is 23.0. The summed E-state index contributed by atoms with van der Waals surface area (Å²) < 4.78 is 21.0. The standard InChI is InChI=1S/C57H58N8O7S/c1-7-20-51-58-48(39-73-36-35-71-45-33-34-49(65(68)69)50(37-45)62(6)55(67)72-56(3,4)5)52(54(66)70-8-2)63(51)38-40-29-31-41(32-30-40)46-27-18-19-28-47(46)53-59-60-61-64(53)57(42-21-12-9-13-22-42,43-23-14-10-15-24-43)44-25-16-11-17-26-44/h9-19,21-34,37H,7-8,20,35-36,38-39H2,1-6H3. The zero-order valence-corrected chi connectivity index (χ0v) is 42.6. The number of ether oxygens (including phenoxy) is 3. The molecule has 1 amide bonds. The van der Waals surface area contributed by atoms with Gasteiger partial charge in [-0.05, 0) is 84.0 Å². The van der Waals surface area contributed by atoms with Crippen LogP contribution >= 0.6 is 11.8 Å². The SMILES string of the molecule is CCCc1nc(CSCCOc2ccc([N+](=O)[O-])c(N(C)C(=O)OC(C)(C)C)c2)c(C(=O)OCC)n1Cc1ccc(-c2ccccc2-c2nnnn2C(c2ccccc2)(c2ccccc2)c2ccccc2)cc1. The summed E-state index contributed by atoms with van der Waals surface area (Å²) in [5, 5.41) is 25.7. The molecule has 0 unspecified atom stereocenters. The Labute approximate surface area is 429 Å². The van der Waals surface area contributed by atoms with Crippen molar-refractivity contribution >= 4 is 35.2 Å². The average Bonchev–Trinajstić information content (AvgIpc) is 4.02. The molecule has 0 atom stereocenters. The highest BCUT2D eigenvalue weighted by molar-refractivity contribution is 7.98. The zero-order valence-electron chi connectivity index (χ0n) is 41.8. The largest absolute Gasteiger partial charge is 0.493 e. The molecular weight excluding hydrogens is 941 g/mol. The van der Waals surface area contributed by atoms with E-state index in [2.05, 4.69) is 84.9 Å². The van der Waals surface area contributed by atoms with Gasteiger partial charge in [-0.1, -0.05) is 146 Å². The lowest BCUT2D eigenvalue weighted by atomic mass is 9.77. The number of nitro benzene ring substituents is 1. The maximum absolute atomic E-state index is 13.8. The van der Waals surface area contributed by atoms with Crippen molar-refractivity contribution in [2.75, 3.05) is 30.9 Å². The highest BCUT2D eigenvalue weighted by Crippen LogP contribution is 2.43. The minimum atomic E-state index is -0.925. The molecule has 73 heavy (non-hydrogen) atoms. The summed E-state index contributed by atoms with van der Waals surface area (Å²) in [7, 11) is 1.42. The monoisotopic (exact) mass is 998 g/mol. The summed E-state index contributed by atoms with van der Waals surface area (Å²) >= 11 is 1.53. The van der Waals surface area contributed by atoms with Crippen LogP contribution in [0.3, 0.4) is 0 Å². The fourth-order valence-electron chi connectivity index (χ4n) is 8.89. The minimum absolute atomic E-state index is 0.0451. The van der Waals surface area contributed by atoms with Gasteiger partial charge in [0.2, 0.25) is 0 Å². The van der Waals surface area contributed by atoms with Crippen LogP contribution in [-0.4, -0.2) is 78.4 Å². The number of benzene rings is 6. The molecule has 0 aliphatic heterocycles. The Morgan fingerprint density at radius 1 is 0.781 bits per heavy atom. The Bertz CT molecular complexity index is 3060. The maximum atomic E-state index is 13.8. The summed E-state index contributed by atoms with van der Waals surface area (Å²) in [6, 6.07) is 51.7. The lowest BCUT2D eigenvalue weighted by Crippen LogP contribution is -2.39. The Balaban J connectivity index is 1.04. The third-order valence-corrected chi connectivity index (χ3v) is 13.0. The Kier molecular flexibility index (Phi) is 16.1. The molecule has 8 rings (SSSR count). The summed E-state index contributed by atoms with van der Waals surface area (Å²) in [6.45, 7) is 9.86. The van der Waals surface area contributed by atoms with Crippen LogP contribution in [0.15, 0.2) is 158 Å². The van der Waals surface area contributed by atoms with Crippen LogP contribution in [0.2, 0.25) is 0 Å². The second-order valence-corrected chi connectivity index (χ2v) is 19.3. The van der Waals surface area contributed by atoms with E-state index < -0.39 is 28.1 Å². The Morgan fingerprint density at radius 2 is 1.38 bits per heavy atom. The van der Waals surface area contributed by atoms with E-state index in [4.69, 9.17) is 29.5 Å². The van der Waals surface area contributed by atoms with Gasteiger partial charge >= 0.3 is 12.1 Å². The zero-order chi connectivity index (χ0) is 51.5. The molecule has 2 heterocycles. The first-order chi connectivity index (χ1) is 35.3. The van der Waals surface area contributed by atoms with Crippen LogP contribution in [0.5, 0.6) is 5.75 Å². The molecule has 0 saturated carbocycles. The number of esters is 1. The van der Waals surface area contributed by atoms with Crippen molar-refractivity contribution in [2.45, 2.75) is 70.9 Å². The molecule has 0 fully saturated rings. The number of thioether (sulfide) groups is 1. The van der Waals surface area contributed by atoms with E-state index in [9.17, 15) is 19.7 Å². The van der Waals surface area contributed by atoms with Crippen LogP contribution < -0.4 is 9.64 Å². The van der Waals surface area contributed by atoms with Crippen LogP contribution in [0.4, 0.5) is 16.2 Å². The summed E-state index contributed by atoms with van der Waals surface area (Å²) in [6.07, 6.45) is 0.734. The number of carbonyl (C=O) groups is 2. The van der Waals surface area contributed by atoms with Crippen molar-refractivity contribution in [2.24, 2.45) is 0 Å². The maximum Gasteiger partial charge on any atom is 0.414 e. The van der Waals surface area contributed by atoms with Crippen LogP contribution in [0.25, 0.3) is 22.5 Å². The molecule has 0 bridgehead atoms. The molecule has 16 heteroatoms. The normalized spacial score (nSPS) is 11.5. The van der Waals surface area contributed by atoms with Gasteiger partial charge in [-0.2, -0.15) is 11.8 Å². The van der Waals surface area contributed by atoms with Crippen molar-refractivity contribution in [3.8, 4) is 28.3 Å². The lowest BCUT2D eigenvalue weighted by molar-refractivity contribution is -0.384. The topological polar surface area (TPSA) is 170 Å². The molecule has 0 aliphatic carbocycles. The van der Waals surface area contributed by atoms with E-state index in [1.165, 1.54) is 37.0 Å². The first kappa shape index (κ1) is 51.3. The average molecular weight is 999 g/mol. The summed E-state index contributed by atoms with van der Waals surface area (Å²) in [4.78, 5) is 44.0. The predicted molar refractivity (Wildman–Crippen MR) is 284 cm³/mol. The molecule has 0 aliphatic rings. The third-order valence-electron chi connectivity index (χ3n) is 12.1. The molecule has 374 valence electrons. The van der Waals surface area contributed by atoms with E-state index in [1.807, 2.05) is 76.0 Å². The number of nitrogens with zero attached hydrogens (tertiary/aromatic N) is 8. The number of anilines is 1. The number of imidazole rings is 1. The van der Waals surface area contributed by atoms with E-state index in [-0.39, 0.29) is 24.6 Å². The highest BCUT2D eigenvalue weighted by atomic mass is 32.2. The van der Waals surface area contributed by atoms with Gasteiger partial charge in [0.1, 0.15) is 28.4 Å². The molecule has 8 aromatic rings. The number of nitro groups is 1. The number of hydrogen-bond donors (Lipinski definition) is 0. The summed E-state index contributed by atoms with van der Waals surface area (Å²) in [5.41, 5.74) is 5.83. The number of rotatable bonds is 20. The van der Waals surface area contributed by atoms with Crippen LogP contribution in [0, 0.1) is 10.1 Å². The lowest BCUT2D eigenvalue weighted by Gasteiger charge is -2.36. The number of aryl methyl sites for hydroxylation is 1. The van der Waals surface area contributed by atoms with Gasteiger partial charge in [0, 0.05) is 49.2 Å². The number of tetrazole rings is 1. The fraction of sp³-hybridized carbons (Fsp3) is 0.263. The molecule has 0 saturated heterocycles. The van der Waals surface area contributed by atoms with Gasteiger partial charge < -0.3 is 18.8 Å². The van der Waals surface area contributed by atoms with Gasteiger partial charge in [-0.25, -0.2) is 19.3 Å². The van der Waals surface area contributed by atoms with Crippen molar-refractivity contribution in [3.63, 3.8) is 0 Å². The van der Waals surface area contributed by atoms with E-state index in [0.29, 0.717) is 47.4 Å². The second-order valence-electron chi connectivity index (χ2n) is 18.2. The van der Waals surface area contributed by atoms with E-state index in [1.54, 1.807) is 27.7 Å². The van der Waals surface area contributed by atoms with Gasteiger partial charge in [0.05, 0.1) is 23.8 Å². The number of amides is 1. The summed E-state index contributed by atoms with van der Waals surface area (Å²) in [5.74, 6) is 2.20. The molecule has 2 aromatic heterocycles. The predicted octanol–water partition coefficient (Wildman–Crippen LogP) is 11.8. The van der Waals surface area contributed by atoms with Gasteiger partial charge in [-0.15, -0.1) is 5.10 Å². The first-order valence-corrected chi connectivity index (χ1v) is 25.3. The van der Waals surface area contributed by atoms with Gasteiger partial charge in [-0.3, -0.25) is 15.0 Å². The van der Waals surface area contributed by atoms with Crippen LogP contribution in [0.1, 0.15) is 85.3 Å². The van der Waals surface area contributed by atoms with Crippen molar-refractivity contribution in [1.29, 1.82) is 0 Å². The van der Waals surface area contributed by atoms with Gasteiger partial charge in [0.15, 0.2) is 11.5 Å². The van der Waals surface area contributed by atoms with Crippen molar-refractivity contribution < 1.29 is 28.7 Å². The molecular formula is C57H58N8O7S. The first-order valence-electron chi connectivity index (χ1n) is 24.2. The molecule has 6 aromatic carbocycles. The van der Waals surface area contributed by atoms with Crippen LogP contribution in [-0.2, 0) is 33.7 Å². The molecule has 0 spiro atoms. The van der Waals surface area contributed by atoms with Crippen molar-refractivity contribution in [3.05, 3.63) is 207 Å². The fourth-order valence-corrected chi connectivity index (χ4v) is 9.63. The quantitative estimate of drug-likeness (QED) is 0.0233. The molecule has 15 nitrogen and oxygen atoms in total. The number of aromatic nitrogens is 6. The third kappa shape index (κ3) is 11.3. The van der Waals surface area contributed by atoms with Crippen molar-refractivity contribution in [1.82, 2.24) is 29.8 Å². The number of carbonyl (C=O) groups excluding carboxylic acids is 2. The smallest absolute Gasteiger partial charge is 0.414 e. The van der Waals surface area contributed by atoms with E-state index >= 15 is 0 Å². The van der Waals surface area contributed by atoms with E-state index in [0.717, 1.165) is 56.1 Å². The Morgan fingerprint density at radius 3 is 1.96 bits per heavy atom. The minimum Gasteiger partial charge on any atom is -0.493 e. The molecule has 0 N–H and O–H groups in total.